The van der Waals surface area contributed by atoms with Crippen molar-refractivity contribution in [2.45, 2.75) is 32.1 Å². The number of methoxy groups -OCH3 is 1. The van der Waals surface area contributed by atoms with E-state index in [1.807, 2.05) is 24.3 Å². The maximum atomic E-state index is 11.8. The Kier molecular flexibility index (Phi) is 5.30. The van der Waals surface area contributed by atoms with Gasteiger partial charge in [0.1, 0.15) is 5.75 Å². The molecule has 0 spiro atoms. The first-order chi connectivity index (χ1) is 9.67. The quantitative estimate of drug-likeness (QED) is 0.748. The molecule has 1 aromatic rings. The molecular weight excluding hydrogens is 274 g/mol. The van der Waals surface area contributed by atoms with Crippen LogP contribution in [0, 0.1) is 5.41 Å². The molecule has 1 N–H and O–H groups in total. The van der Waals surface area contributed by atoms with E-state index in [9.17, 15) is 4.79 Å². The fourth-order valence-electron chi connectivity index (χ4n) is 2.32. The van der Waals surface area contributed by atoms with Crippen LogP contribution in [0.3, 0.4) is 0 Å². The Labute approximate surface area is 125 Å². The summed E-state index contributed by atoms with van der Waals surface area (Å²) in [5.74, 6) is 1.65. The Hall–Kier alpha value is -1.22. The summed E-state index contributed by atoms with van der Waals surface area (Å²) >= 11 is 5.78. The zero-order chi connectivity index (χ0) is 14.4. The highest BCUT2D eigenvalue weighted by atomic mass is 35.5. The second-order valence-electron chi connectivity index (χ2n) is 5.56. The number of carbonyl (C=O) groups is 1. The summed E-state index contributed by atoms with van der Waals surface area (Å²) in [6.45, 7) is 0.779. The predicted molar refractivity (Wildman–Crippen MR) is 81.3 cm³/mol. The Bertz CT molecular complexity index is 440. The van der Waals surface area contributed by atoms with E-state index in [2.05, 4.69) is 5.32 Å². The third kappa shape index (κ3) is 4.41. The average Bonchev–Trinajstić information content (AvgIpc) is 3.24. The first kappa shape index (κ1) is 15.2. The number of rotatable bonds is 8. The lowest BCUT2D eigenvalue weighted by atomic mass is 10.0. The van der Waals surface area contributed by atoms with Crippen LogP contribution in [0.2, 0.25) is 0 Å². The van der Waals surface area contributed by atoms with Gasteiger partial charge >= 0.3 is 0 Å². The summed E-state index contributed by atoms with van der Waals surface area (Å²) in [4.78, 5) is 11.8. The highest BCUT2D eigenvalue weighted by Crippen LogP contribution is 2.48. The van der Waals surface area contributed by atoms with Gasteiger partial charge in [-0.1, -0.05) is 12.1 Å². The van der Waals surface area contributed by atoms with E-state index in [1.165, 1.54) is 12.8 Å². The Morgan fingerprint density at radius 1 is 1.35 bits per heavy atom. The van der Waals surface area contributed by atoms with E-state index in [1.54, 1.807) is 7.11 Å². The zero-order valence-electron chi connectivity index (χ0n) is 12.0. The van der Waals surface area contributed by atoms with Crippen molar-refractivity contribution in [3.63, 3.8) is 0 Å². The highest BCUT2D eigenvalue weighted by molar-refractivity contribution is 6.17. The monoisotopic (exact) mass is 295 g/mol. The van der Waals surface area contributed by atoms with Gasteiger partial charge in [-0.05, 0) is 48.8 Å². The third-order valence-electron chi connectivity index (χ3n) is 4.04. The number of alkyl halides is 1. The van der Waals surface area contributed by atoms with E-state index >= 15 is 0 Å². The van der Waals surface area contributed by atoms with Gasteiger partial charge in [-0.2, -0.15) is 0 Å². The number of amides is 1. The number of aryl methyl sites for hydroxylation is 1. The Morgan fingerprint density at radius 3 is 2.60 bits per heavy atom. The Morgan fingerprint density at radius 2 is 2.05 bits per heavy atom. The molecule has 1 aromatic carbocycles. The van der Waals surface area contributed by atoms with Crippen molar-refractivity contribution in [2.24, 2.45) is 5.41 Å². The van der Waals surface area contributed by atoms with Crippen molar-refractivity contribution in [1.29, 1.82) is 0 Å². The first-order valence-electron chi connectivity index (χ1n) is 7.13. The summed E-state index contributed by atoms with van der Waals surface area (Å²) in [5.41, 5.74) is 1.46. The van der Waals surface area contributed by atoms with Crippen molar-refractivity contribution in [1.82, 2.24) is 5.32 Å². The molecule has 1 aliphatic rings. The molecule has 0 radical (unpaired) electrons. The number of ether oxygens (including phenoxy) is 1. The van der Waals surface area contributed by atoms with Crippen LogP contribution in [0.15, 0.2) is 24.3 Å². The second-order valence-corrected chi connectivity index (χ2v) is 5.94. The molecule has 1 amide bonds. The Balaban J connectivity index is 1.69. The van der Waals surface area contributed by atoms with E-state index in [-0.39, 0.29) is 5.91 Å². The van der Waals surface area contributed by atoms with Crippen molar-refractivity contribution in [3.05, 3.63) is 29.8 Å². The van der Waals surface area contributed by atoms with Crippen molar-refractivity contribution in [2.75, 3.05) is 19.5 Å². The molecule has 0 atom stereocenters. The minimum Gasteiger partial charge on any atom is -0.497 e. The molecule has 110 valence electrons. The smallest absolute Gasteiger partial charge is 0.220 e. The van der Waals surface area contributed by atoms with Gasteiger partial charge in [0.05, 0.1) is 7.11 Å². The molecular formula is C16H22ClNO2. The molecule has 0 aliphatic heterocycles. The largest absolute Gasteiger partial charge is 0.497 e. The minimum atomic E-state index is 0.127. The fraction of sp³-hybridized carbons (Fsp3) is 0.562. The molecule has 0 unspecified atom stereocenters. The van der Waals surface area contributed by atoms with Crippen LogP contribution in [0.25, 0.3) is 0 Å². The lowest BCUT2D eigenvalue weighted by molar-refractivity contribution is -0.121. The molecule has 20 heavy (non-hydrogen) atoms. The SMILES string of the molecule is COc1ccc(CCC(=O)NCC2(CCCl)CC2)cc1. The summed E-state index contributed by atoms with van der Waals surface area (Å²) < 4.78 is 5.11. The number of benzene rings is 1. The van der Waals surface area contributed by atoms with Gasteiger partial charge in [0.15, 0.2) is 0 Å². The highest BCUT2D eigenvalue weighted by Gasteiger charge is 2.41. The summed E-state index contributed by atoms with van der Waals surface area (Å²) in [5, 5.41) is 3.04. The van der Waals surface area contributed by atoms with Crippen LogP contribution in [0.1, 0.15) is 31.2 Å². The third-order valence-corrected chi connectivity index (χ3v) is 4.23. The number of hydrogen-bond acceptors (Lipinski definition) is 2. The van der Waals surface area contributed by atoms with Gasteiger partial charge in [0, 0.05) is 18.8 Å². The molecule has 0 saturated heterocycles. The van der Waals surface area contributed by atoms with Gasteiger partial charge < -0.3 is 10.1 Å². The lowest BCUT2D eigenvalue weighted by Gasteiger charge is -2.14. The predicted octanol–water partition coefficient (Wildman–Crippen LogP) is 3.15. The van der Waals surface area contributed by atoms with Gasteiger partial charge in [-0.25, -0.2) is 0 Å². The van der Waals surface area contributed by atoms with E-state index < -0.39 is 0 Å². The molecule has 1 saturated carbocycles. The van der Waals surface area contributed by atoms with E-state index in [0.29, 0.717) is 17.7 Å². The standard InChI is InChI=1S/C16H22ClNO2/c1-20-14-5-2-13(3-6-14)4-7-15(19)18-12-16(8-9-16)10-11-17/h2-3,5-6H,4,7-12H2,1H3,(H,18,19). The second kappa shape index (κ2) is 6.98. The molecule has 3 nitrogen and oxygen atoms in total. The van der Waals surface area contributed by atoms with Crippen LogP contribution in [0.4, 0.5) is 0 Å². The molecule has 1 fully saturated rings. The summed E-state index contributed by atoms with van der Waals surface area (Å²) in [6, 6.07) is 7.85. The van der Waals surface area contributed by atoms with Crippen molar-refractivity contribution >= 4 is 17.5 Å². The van der Waals surface area contributed by atoms with Gasteiger partial charge in [-0.15, -0.1) is 11.6 Å². The normalized spacial score (nSPS) is 15.7. The molecule has 1 aliphatic carbocycles. The summed E-state index contributed by atoms with van der Waals surface area (Å²) in [6.07, 6.45) is 4.69. The summed E-state index contributed by atoms with van der Waals surface area (Å²) in [7, 11) is 1.65. The van der Waals surface area contributed by atoms with Crippen molar-refractivity contribution in [3.8, 4) is 5.75 Å². The number of carbonyl (C=O) groups excluding carboxylic acids is 1. The molecule has 0 heterocycles. The van der Waals surface area contributed by atoms with Gasteiger partial charge in [-0.3, -0.25) is 4.79 Å². The van der Waals surface area contributed by atoms with Gasteiger partial charge in [0.2, 0.25) is 5.91 Å². The zero-order valence-corrected chi connectivity index (χ0v) is 12.7. The lowest BCUT2D eigenvalue weighted by Crippen LogP contribution is -2.30. The van der Waals surface area contributed by atoms with Gasteiger partial charge in [0.25, 0.3) is 0 Å². The number of halogens is 1. The maximum absolute atomic E-state index is 11.8. The van der Waals surface area contributed by atoms with Crippen LogP contribution in [-0.2, 0) is 11.2 Å². The number of hydrogen-bond donors (Lipinski definition) is 1. The molecule has 0 bridgehead atoms. The topological polar surface area (TPSA) is 38.3 Å². The first-order valence-corrected chi connectivity index (χ1v) is 7.66. The van der Waals surface area contributed by atoms with Crippen LogP contribution in [0.5, 0.6) is 5.75 Å². The molecule has 0 aromatic heterocycles. The minimum absolute atomic E-state index is 0.127. The van der Waals surface area contributed by atoms with Crippen LogP contribution < -0.4 is 10.1 Å². The van der Waals surface area contributed by atoms with Crippen LogP contribution >= 0.6 is 11.6 Å². The van der Waals surface area contributed by atoms with Crippen LogP contribution in [-0.4, -0.2) is 25.4 Å². The maximum Gasteiger partial charge on any atom is 0.220 e. The number of nitrogens with one attached hydrogen (secondary N) is 1. The fourth-order valence-corrected chi connectivity index (χ4v) is 2.72. The molecule has 4 heteroatoms. The van der Waals surface area contributed by atoms with E-state index in [4.69, 9.17) is 16.3 Å². The molecule has 2 rings (SSSR count). The average molecular weight is 296 g/mol. The van der Waals surface area contributed by atoms with E-state index in [0.717, 1.165) is 30.7 Å². The van der Waals surface area contributed by atoms with Crippen molar-refractivity contribution < 1.29 is 9.53 Å².